The van der Waals surface area contributed by atoms with Crippen LogP contribution in [0.1, 0.15) is 6.42 Å². The second kappa shape index (κ2) is 6.55. The Kier molecular flexibility index (Phi) is 5.07. The molecule has 0 fully saturated rings. The minimum atomic E-state index is -0.611. The zero-order valence-corrected chi connectivity index (χ0v) is 10.6. The number of nitrogens with zero attached hydrogens (tertiary/aromatic N) is 1. The van der Waals surface area contributed by atoms with E-state index in [1.165, 1.54) is 26.4 Å². The molecule has 1 rings (SSSR count). The highest BCUT2D eigenvalue weighted by Gasteiger charge is 2.20. The van der Waals surface area contributed by atoms with Gasteiger partial charge in [-0.2, -0.15) is 0 Å². The molecule has 1 amide bonds. The fourth-order valence-corrected chi connectivity index (χ4v) is 1.46. The molecule has 0 radical (unpaired) electrons. The van der Waals surface area contributed by atoms with Crippen molar-refractivity contribution in [1.29, 1.82) is 0 Å². The molecule has 0 atom stereocenters. The summed E-state index contributed by atoms with van der Waals surface area (Å²) in [6.45, 7) is 0.160. The molecule has 8 nitrogen and oxygen atoms in total. The molecule has 104 valence electrons. The molecule has 0 saturated carbocycles. The summed E-state index contributed by atoms with van der Waals surface area (Å²) in [5.41, 5.74) is 5.01. The van der Waals surface area contributed by atoms with Crippen molar-refractivity contribution in [3.8, 4) is 11.5 Å². The van der Waals surface area contributed by atoms with Gasteiger partial charge in [-0.1, -0.05) is 0 Å². The van der Waals surface area contributed by atoms with Gasteiger partial charge < -0.3 is 20.5 Å². The third-order valence-corrected chi connectivity index (χ3v) is 2.34. The highest BCUT2D eigenvalue weighted by molar-refractivity contribution is 5.93. The monoisotopic (exact) mass is 269 g/mol. The van der Waals surface area contributed by atoms with E-state index in [4.69, 9.17) is 15.2 Å². The van der Waals surface area contributed by atoms with Crippen LogP contribution in [0.5, 0.6) is 11.5 Å². The largest absolute Gasteiger partial charge is 0.493 e. The maximum atomic E-state index is 11.5. The Bertz CT molecular complexity index is 489. The van der Waals surface area contributed by atoms with Crippen LogP contribution < -0.4 is 20.5 Å². The third-order valence-electron chi connectivity index (χ3n) is 2.34. The molecule has 1 aromatic carbocycles. The van der Waals surface area contributed by atoms with Crippen LogP contribution >= 0.6 is 0 Å². The van der Waals surface area contributed by atoms with Crippen molar-refractivity contribution in [2.45, 2.75) is 6.42 Å². The van der Waals surface area contributed by atoms with Crippen LogP contribution in [0.25, 0.3) is 0 Å². The summed E-state index contributed by atoms with van der Waals surface area (Å²) in [7, 11) is 2.77. The summed E-state index contributed by atoms with van der Waals surface area (Å²) in [5, 5.41) is 13.4. The minimum absolute atomic E-state index is 0.0427. The molecule has 1 aromatic rings. The van der Waals surface area contributed by atoms with Gasteiger partial charge >= 0.3 is 0 Å². The Morgan fingerprint density at radius 3 is 2.42 bits per heavy atom. The lowest BCUT2D eigenvalue weighted by molar-refractivity contribution is -0.384. The van der Waals surface area contributed by atoms with Crippen LogP contribution in [-0.2, 0) is 4.79 Å². The first-order valence-electron chi connectivity index (χ1n) is 5.43. The molecule has 0 aliphatic heterocycles. The van der Waals surface area contributed by atoms with Crippen LogP contribution in [0.15, 0.2) is 12.1 Å². The molecule has 19 heavy (non-hydrogen) atoms. The maximum absolute atomic E-state index is 11.5. The van der Waals surface area contributed by atoms with Crippen LogP contribution in [0.4, 0.5) is 11.4 Å². The predicted octanol–water partition coefficient (Wildman–Crippen LogP) is 0.899. The zero-order chi connectivity index (χ0) is 14.4. The molecule has 0 aromatic heterocycles. The van der Waals surface area contributed by atoms with Gasteiger partial charge in [-0.25, -0.2) is 0 Å². The minimum Gasteiger partial charge on any atom is -0.493 e. The van der Waals surface area contributed by atoms with Crippen LogP contribution in [0, 0.1) is 10.1 Å². The number of nitro groups is 1. The predicted molar refractivity (Wildman–Crippen MR) is 68.5 cm³/mol. The Balaban J connectivity index is 3.19. The number of nitrogens with two attached hydrogens (primary N) is 1. The lowest BCUT2D eigenvalue weighted by atomic mass is 10.2. The fourth-order valence-electron chi connectivity index (χ4n) is 1.46. The number of carbonyl (C=O) groups is 1. The number of ether oxygens (including phenoxy) is 2. The lowest BCUT2D eigenvalue weighted by Gasteiger charge is -2.11. The highest BCUT2D eigenvalue weighted by atomic mass is 16.6. The van der Waals surface area contributed by atoms with E-state index >= 15 is 0 Å². The first-order valence-corrected chi connectivity index (χ1v) is 5.43. The number of hydrogen-bond donors (Lipinski definition) is 2. The number of hydrogen-bond acceptors (Lipinski definition) is 6. The number of rotatable bonds is 6. The number of carbonyl (C=O) groups excluding carboxylic acids is 1. The first-order chi connectivity index (χ1) is 9.03. The standard InChI is InChI=1S/C11H15N3O5/c1-18-9-5-7(13-11(15)3-4-12)8(14(16)17)6-10(9)19-2/h5-6H,3-4,12H2,1-2H3,(H,13,15). The Morgan fingerprint density at radius 1 is 1.37 bits per heavy atom. The summed E-state index contributed by atoms with van der Waals surface area (Å²) in [6.07, 6.45) is 0.0749. The van der Waals surface area contributed by atoms with Crippen LogP contribution in [0.3, 0.4) is 0 Å². The van der Waals surface area contributed by atoms with Gasteiger partial charge in [0.05, 0.1) is 25.2 Å². The molecule has 8 heteroatoms. The van der Waals surface area contributed by atoms with Gasteiger partial charge in [0.1, 0.15) is 5.69 Å². The van der Waals surface area contributed by atoms with E-state index < -0.39 is 10.8 Å². The summed E-state index contributed by atoms with van der Waals surface area (Å²) in [5.74, 6) is 0.0972. The van der Waals surface area contributed by atoms with E-state index in [1.807, 2.05) is 0 Å². The molecule has 0 saturated heterocycles. The summed E-state index contributed by atoms with van der Waals surface area (Å²) in [4.78, 5) is 21.8. The van der Waals surface area contributed by atoms with Gasteiger partial charge in [0.25, 0.3) is 5.69 Å². The van der Waals surface area contributed by atoms with Crippen molar-refractivity contribution in [2.24, 2.45) is 5.73 Å². The van der Waals surface area contributed by atoms with Crippen molar-refractivity contribution in [2.75, 3.05) is 26.1 Å². The summed E-state index contributed by atoms with van der Waals surface area (Å²) in [6, 6.07) is 2.53. The second-order valence-corrected chi connectivity index (χ2v) is 3.57. The van der Waals surface area contributed by atoms with Crippen molar-refractivity contribution in [1.82, 2.24) is 0 Å². The fraction of sp³-hybridized carbons (Fsp3) is 0.364. The van der Waals surface area contributed by atoms with Crippen molar-refractivity contribution < 1.29 is 19.2 Å². The van der Waals surface area contributed by atoms with E-state index in [0.29, 0.717) is 0 Å². The van der Waals surface area contributed by atoms with E-state index in [1.54, 1.807) is 0 Å². The van der Waals surface area contributed by atoms with E-state index in [-0.39, 0.29) is 35.8 Å². The Morgan fingerprint density at radius 2 is 1.95 bits per heavy atom. The van der Waals surface area contributed by atoms with Crippen molar-refractivity contribution in [3.63, 3.8) is 0 Å². The first kappa shape index (κ1) is 14.7. The molecular formula is C11H15N3O5. The highest BCUT2D eigenvalue weighted by Crippen LogP contribution is 2.37. The van der Waals surface area contributed by atoms with Crippen LogP contribution in [-0.4, -0.2) is 31.6 Å². The number of nitro benzene ring substituents is 1. The summed E-state index contributed by atoms with van der Waals surface area (Å²) >= 11 is 0. The topological polar surface area (TPSA) is 117 Å². The molecule has 0 spiro atoms. The van der Waals surface area contributed by atoms with Crippen molar-refractivity contribution in [3.05, 3.63) is 22.2 Å². The van der Waals surface area contributed by atoms with Crippen molar-refractivity contribution >= 4 is 17.3 Å². The number of benzene rings is 1. The molecule has 0 aliphatic carbocycles. The molecule has 3 N–H and O–H groups in total. The van der Waals surface area contributed by atoms with E-state index in [9.17, 15) is 14.9 Å². The van der Waals surface area contributed by atoms with Crippen LogP contribution in [0.2, 0.25) is 0 Å². The summed E-state index contributed by atoms with van der Waals surface area (Å²) < 4.78 is 10.0. The normalized spacial score (nSPS) is 9.84. The van der Waals surface area contributed by atoms with Gasteiger partial charge in [-0.3, -0.25) is 14.9 Å². The smallest absolute Gasteiger partial charge is 0.296 e. The van der Waals surface area contributed by atoms with E-state index in [0.717, 1.165) is 0 Å². The Hall–Kier alpha value is -2.35. The SMILES string of the molecule is COc1cc(NC(=O)CCN)c([N+](=O)[O-])cc1OC. The average molecular weight is 269 g/mol. The number of methoxy groups -OCH3 is 2. The quantitative estimate of drug-likeness (QED) is 0.585. The molecule has 0 bridgehead atoms. The molecular weight excluding hydrogens is 254 g/mol. The lowest BCUT2D eigenvalue weighted by Crippen LogP contribution is -2.17. The van der Waals surface area contributed by atoms with Gasteiger partial charge in [-0.15, -0.1) is 0 Å². The number of amides is 1. The third kappa shape index (κ3) is 3.55. The Labute approximate surface area is 109 Å². The zero-order valence-electron chi connectivity index (χ0n) is 10.6. The second-order valence-electron chi connectivity index (χ2n) is 3.57. The number of anilines is 1. The molecule has 0 heterocycles. The molecule has 0 unspecified atom stereocenters. The molecule has 0 aliphatic rings. The maximum Gasteiger partial charge on any atom is 0.296 e. The van der Waals surface area contributed by atoms with Gasteiger partial charge in [-0.05, 0) is 0 Å². The van der Waals surface area contributed by atoms with Gasteiger partial charge in [0.15, 0.2) is 11.5 Å². The van der Waals surface area contributed by atoms with E-state index in [2.05, 4.69) is 5.32 Å². The van der Waals surface area contributed by atoms with Gasteiger partial charge in [0.2, 0.25) is 5.91 Å². The number of nitrogens with one attached hydrogen (secondary N) is 1. The average Bonchev–Trinajstić information content (AvgIpc) is 2.38. The van der Waals surface area contributed by atoms with Gasteiger partial charge in [0, 0.05) is 19.0 Å².